The molecule has 0 spiro atoms. The number of fused-ring (bicyclic) bond motifs is 2. The van der Waals surface area contributed by atoms with Crippen molar-refractivity contribution < 1.29 is 17.6 Å². The summed E-state index contributed by atoms with van der Waals surface area (Å²) < 4.78 is 53.9. The van der Waals surface area contributed by atoms with E-state index < -0.39 is 17.5 Å². The number of benzene rings is 2. The lowest BCUT2D eigenvalue weighted by molar-refractivity contribution is 0.442. The summed E-state index contributed by atoms with van der Waals surface area (Å²) in [6.07, 6.45) is 1.86. The van der Waals surface area contributed by atoms with Crippen LogP contribution in [-0.2, 0) is 6.42 Å². The minimum atomic E-state index is -1.46. The maximum atomic E-state index is 13.8. The molecule has 0 atom stereocenters. The fraction of sp³-hybridized carbons (Fsp3) is 0.0556. The molecule has 0 bridgehead atoms. The van der Waals surface area contributed by atoms with Crippen LogP contribution in [0.3, 0.4) is 0 Å². The van der Waals surface area contributed by atoms with Gasteiger partial charge in [-0.1, -0.05) is 12.1 Å². The van der Waals surface area contributed by atoms with E-state index in [0.29, 0.717) is 27.7 Å². The number of hydrogen-bond acceptors (Lipinski definition) is 1. The first-order valence-electron chi connectivity index (χ1n) is 6.98. The normalized spacial score (nSPS) is 13.3. The van der Waals surface area contributed by atoms with Crippen LogP contribution < -0.4 is 0 Å². The second-order valence-electron chi connectivity index (χ2n) is 5.37. The van der Waals surface area contributed by atoms with Crippen LogP contribution in [0.2, 0.25) is 0 Å². The number of halogens is 4. The zero-order chi connectivity index (χ0) is 16.1. The average molecular weight is 315 g/mol. The van der Waals surface area contributed by atoms with E-state index >= 15 is 0 Å². The zero-order valence-corrected chi connectivity index (χ0v) is 11.7. The SMILES string of the molecule is Fc1ccc2nc(C3=CCc4c3cc(F)c(F)c4F)ccc2c1. The molecule has 0 N–H and O–H groups in total. The quantitative estimate of drug-likeness (QED) is 0.465. The Morgan fingerprint density at radius 1 is 0.870 bits per heavy atom. The van der Waals surface area contributed by atoms with Crippen molar-refractivity contribution in [2.75, 3.05) is 0 Å². The molecule has 0 saturated carbocycles. The fourth-order valence-electron chi connectivity index (χ4n) is 2.88. The Labute approximate surface area is 128 Å². The van der Waals surface area contributed by atoms with Crippen molar-refractivity contribution in [1.29, 1.82) is 0 Å². The molecule has 0 fully saturated rings. The van der Waals surface area contributed by atoms with Gasteiger partial charge >= 0.3 is 0 Å². The van der Waals surface area contributed by atoms with Gasteiger partial charge in [-0.15, -0.1) is 0 Å². The van der Waals surface area contributed by atoms with Crippen molar-refractivity contribution in [2.45, 2.75) is 6.42 Å². The lowest BCUT2D eigenvalue weighted by atomic mass is 10.0. The molecule has 0 unspecified atom stereocenters. The van der Waals surface area contributed by atoms with Crippen LogP contribution in [0.5, 0.6) is 0 Å². The van der Waals surface area contributed by atoms with E-state index in [2.05, 4.69) is 4.98 Å². The number of hydrogen-bond donors (Lipinski definition) is 0. The van der Waals surface area contributed by atoms with Gasteiger partial charge in [0.05, 0.1) is 11.2 Å². The van der Waals surface area contributed by atoms with Gasteiger partial charge in [0.1, 0.15) is 5.82 Å². The third kappa shape index (κ3) is 2.11. The molecule has 0 radical (unpaired) electrons. The van der Waals surface area contributed by atoms with Crippen LogP contribution in [-0.4, -0.2) is 4.98 Å². The molecular formula is C18H9F4N. The molecule has 1 aliphatic rings. The summed E-state index contributed by atoms with van der Waals surface area (Å²) in [4.78, 5) is 4.41. The summed E-state index contributed by atoms with van der Waals surface area (Å²) in [5.74, 6) is -4.21. The van der Waals surface area contributed by atoms with Gasteiger partial charge in [0.2, 0.25) is 0 Å². The van der Waals surface area contributed by atoms with E-state index in [0.717, 1.165) is 6.07 Å². The molecule has 1 aliphatic carbocycles. The molecule has 1 nitrogen and oxygen atoms in total. The molecule has 0 saturated heterocycles. The number of allylic oxidation sites excluding steroid dienone is 1. The highest BCUT2D eigenvalue weighted by atomic mass is 19.2. The summed E-state index contributed by atoms with van der Waals surface area (Å²) in [6.45, 7) is 0. The Kier molecular flexibility index (Phi) is 2.98. The predicted octanol–water partition coefficient (Wildman–Crippen LogP) is 4.78. The van der Waals surface area contributed by atoms with E-state index in [-0.39, 0.29) is 17.8 Å². The molecule has 4 rings (SSSR count). The molecular weight excluding hydrogens is 306 g/mol. The third-order valence-electron chi connectivity index (χ3n) is 3.99. The van der Waals surface area contributed by atoms with E-state index in [1.54, 1.807) is 18.2 Å². The smallest absolute Gasteiger partial charge is 0.194 e. The molecule has 0 amide bonds. The first-order chi connectivity index (χ1) is 11.0. The summed E-state index contributed by atoms with van der Waals surface area (Å²) in [5, 5.41) is 0.629. The number of pyridine rings is 1. The van der Waals surface area contributed by atoms with Crippen LogP contribution in [0.25, 0.3) is 16.5 Å². The molecule has 2 aromatic carbocycles. The van der Waals surface area contributed by atoms with Crippen molar-refractivity contribution in [3.8, 4) is 0 Å². The van der Waals surface area contributed by atoms with Crippen molar-refractivity contribution in [3.63, 3.8) is 0 Å². The third-order valence-corrected chi connectivity index (χ3v) is 3.99. The molecule has 1 aromatic heterocycles. The predicted molar refractivity (Wildman–Crippen MR) is 78.8 cm³/mol. The number of aromatic nitrogens is 1. The van der Waals surface area contributed by atoms with Crippen molar-refractivity contribution >= 4 is 16.5 Å². The maximum Gasteiger partial charge on any atom is 0.194 e. The number of nitrogens with zero attached hydrogens (tertiary/aromatic N) is 1. The van der Waals surface area contributed by atoms with E-state index in [1.165, 1.54) is 18.2 Å². The van der Waals surface area contributed by atoms with Crippen LogP contribution in [0, 0.1) is 23.3 Å². The van der Waals surface area contributed by atoms with Gasteiger partial charge in [-0.25, -0.2) is 22.5 Å². The van der Waals surface area contributed by atoms with Gasteiger partial charge in [0.15, 0.2) is 17.5 Å². The molecule has 114 valence electrons. The molecule has 1 heterocycles. The molecule has 3 aromatic rings. The summed E-state index contributed by atoms with van der Waals surface area (Å²) in [6, 6.07) is 8.53. The summed E-state index contributed by atoms with van der Waals surface area (Å²) >= 11 is 0. The topological polar surface area (TPSA) is 12.9 Å². The van der Waals surface area contributed by atoms with Crippen molar-refractivity contribution in [2.24, 2.45) is 0 Å². The molecule has 0 aliphatic heterocycles. The Morgan fingerprint density at radius 3 is 2.52 bits per heavy atom. The van der Waals surface area contributed by atoms with E-state index in [9.17, 15) is 17.6 Å². The lowest BCUT2D eigenvalue weighted by Gasteiger charge is -2.09. The Morgan fingerprint density at radius 2 is 1.70 bits per heavy atom. The van der Waals surface area contributed by atoms with Crippen LogP contribution in [0.1, 0.15) is 16.8 Å². The van der Waals surface area contributed by atoms with Crippen LogP contribution >= 0.6 is 0 Å². The highest BCUT2D eigenvalue weighted by molar-refractivity contribution is 5.87. The lowest BCUT2D eigenvalue weighted by Crippen LogP contribution is -2.00. The fourth-order valence-corrected chi connectivity index (χ4v) is 2.88. The minimum absolute atomic E-state index is 0.125. The van der Waals surface area contributed by atoms with Gasteiger partial charge in [-0.05, 0) is 42.3 Å². The second-order valence-corrected chi connectivity index (χ2v) is 5.37. The van der Waals surface area contributed by atoms with Gasteiger partial charge in [0, 0.05) is 16.5 Å². The number of rotatable bonds is 1. The van der Waals surface area contributed by atoms with Crippen LogP contribution in [0.15, 0.2) is 42.5 Å². The Balaban J connectivity index is 1.87. The largest absolute Gasteiger partial charge is 0.248 e. The average Bonchev–Trinajstić information content (AvgIpc) is 2.96. The van der Waals surface area contributed by atoms with E-state index in [4.69, 9.17) is 0 Å². The standard InChI is InChI=1S/C18H9F4N/c19-10-2-6-15-9(7-10)1-5-16(23-15)11-3-4-12-13(11)8-14(20)18(22)17(12)21/h1-3,5-8H,4H2. The Bertz CT molecular complexity index is 992. The van der Waals surface area contributed by atoms with Gasteiger partial charge in [-0.2, -0.15) is 0 Å². The first kappa shape index (κ1) is 13.9. The molecule has 23 heavy (non-hydrogen) atoms. The monoisotopic (exact) mass is 315 g/mol. The van der Waals surface area contributed by atoms with Gasteiger partial charge < -0.3 is 0 Å². The van der Waals surface area contributed by atoms with Gasteiger partial charge in [0.25, 0.3) is 0 Å². The highest BCUT2D eigenvalue weighted by Gasteiger charge is 2.25. The first-order valence-corrected chi connectivity index (χ1v) is 6.98. The molecule has 5 heteroatoms. The van der Waals surface area contributed by atoms with Crippen molar-refractivity contribution in [1.82, 2.24) is 4.98 Å². The summed E-state index contributed by atoms with van der Waals surface area (Å²) in [7, 11) is 0. The van der Waals surface area contributed by atoms with E-state index in [1.807, 2.05) is 0 Å². The second kappa shape index (κ2) is 4.91. The summed E-state index contributed by atoms with van der Waals surface area (Å²) in [5.41, 5.74) is 2.05. The maximum absolute atomic E-state index is 13.8. The zero-order valence-electron chi connectivity index (χ0n) is 11.7. The van der Waals surface area contributed by atoms with Gasteiger partial charge in [-0.3, -0.25) is 0 Å². The highest BCUT2D eigenvalue weighted by Crippen LogP contribution is 2.35. The minimum Gasteiger partial charge on any atom is -0.248 e. The Hall–Kier alpha value is -2.69. The van der Waals surface area contributed by atoms with Crippen LogP contribution in [0.4, 0.5) is 17.6 Å². The van der Waals surface area contributed by atoms with Crippen molar-refractivity contribution in [3.05, 3.63) is 82.6 Å².